The molecule has 5 heteroatoms. The molecule has 0 fully saturated rings. The first-order valence-electron chi connectivity index (χ1n) is 12.0. The lowest BCUT2D eigenvalue weighted by molar-refractivity contribution is -0.118. The van der Waals surface area contributed by atoms with Crippen molar-refractivity contribution in [1.82, 2.24) is 4.98 Å². The Kier molecular flexibility index (Phi) is 6.04. The maximum atomic E-state index is 13.4. The fraction of sp³-hybridized carbons (Fsp3) is 0.310. The number of nitrogens with one attached hydrogen (secondary N) is 1. The second-order valence-electron chi connectivity index (χ2n) is 9.74. The van der Waals surface area contributed by atoms with E-state index in [4.69, 9.17) is 4.98 Å². The number of nitrogens with zero attached hydrogens (tertiary/aromatic N) is 2. The molecule has 0 bridgehead atoms. The van der Waals surface area contributed by atoms with E-state index < -0.39 is 0 Å². The number of benzene rings is 2. The van der Waals surface area contributed by atoms with Crippen molar-refractivity contribution < 1.29 is 4.79 Å². The summed E-state index contributed by atoms with van der Waals surface area (Å²) in [6.07, 6.45) is 10.3. The van der Waals surface area contributed by atoms with Gasteiger partial charge in [0.2, 0.25) is 5.91 Å². The zero-order valence-electron chi connectivity index (χ0n) is 20.4. The number of carbonyl (C=O) groups excluding carboxylic acids is 1. The topological polar surface area (TPSA) is 45.2 Å². The predicted molar refractivity (Wildman–Crippen MR) is 147 cm³/mol. The van der Waals surface area contributed by atoms with Crippen molar-refractivity contribution >= 4 is 42.7 Å². The maximum absolute atomic E-state index is 13.4. The number of carbonyl (C=O) groups is 1. The molecule has 2 unspecified atom stereocenters. The molecule has 34 heavy (non-hydrogen) atoms. The van der Waals surface area contributed by atoms with Crippen molar-refractivity contribution in [3.05, 3.63) is 71.0 Å². The number of anilines is 2. The minimum Gasteiger partial charge on any atom is -0.375 e. The molecule has 0 saturated carbocycles. The third-order valence-corrected chi connectivity index (χ3v) is 7.91. The first-order valence-corrected chi connectivity index (χ1v) is 12.6. The highest BCUT2D eigenvalue weighted by Crippen LogP contribution is 2.40. The first kappa shape index (κ1) is 22.8. The van der Waals surface area contributed by atoms with Crippen molar-refractivity contribution in [2.24, 2.45) is 5.92 Å². The number of hydrogen-bond donors (Lipinski definition) is 1. The van der Waals surface area contributed by atoms with Gasteiger partial charge in [-0.15, -0.1) is 9.24 Å². The Balaban J connectivity index is 1.58. The lowest BCUT2D eigenvalue weighted by atomic mass is 9.94. The highest BCUT2D eigenvalue weighted by atomic mass is 31.0. The van der Waals surface area contributed by atoms with Gasteiger partial charge in [0.15, 0.2) is 0 Å². The Hall–Kier alpha value is -2.97. The van der Waals surface area contributed by atoms with Crippen LogP contribution < -0.4 is 15.5 Å². The molecule has 5 rings (SSSR count). The van der Waals surface area contributed by atoms with Gasteiger partial charge in [0.1, 0.15) is 0 Å². The summed E-state index contributed by atoms with van der Waals surface area (Å²) in [6.45, 7) is 4.27. The molecule has 2 aliphatic rings. The smallest absolute Gasteiger partial charge is 0.232 e. The van der Waals surface area contributed by atoms with E-state index in [0.717, 1.165) is 53.5 Å². The summed E-state index contributed by atoms with van der Waals surface area (Å²) in [5.41, 5.74) is 10.1. The van der Waals surface area contributed by atoms with Crippen LogP contribution in [0.5, 0.6) is 0 Å². The van der Waals surface area contributed by atoms with E-state index in [2.05, 4.69) is 75.8 Å². The average Bonchev–Trinajstić information content (AvgIpc) is 3.25. The SMILES string of the molecule is Cc1cc(C)c(P)c(-c2cccc3c(N(C)C)c(NC(=O)C4CCC5=C4C=CCC5)cnc23)c1. The molecule has 1 heterocycles. The van der Waals surface area contributed by atoms with Gasteiger partial charge in [-0.3, -0.25) is 9.78 Å². The Morgan fingerprint density at radius 3 is 2.76 bits per heavy atom. The van der Waals surface area contributed by atoms with Gasteiger partial charge in [0.25, 0.3) is 0 Å². The number of allylic oxidation sites excluding steroid dienone is 3. The van der Waals surface area contributed by atoms with Crippen LogP contribution in [0.2, 0.25) is 0 Å². The Morgan fingerprint density at radius 2 is 1.97 bits per heavy atom. The molecule has 1 aromatic heterocycles. The van der Waals surface area contributed by atoms with Crippen LogP contribution >= 0.6 is 9.24 Å². The Morgan fingerprint density at radius 1 is 1.15 bits per heavy atom. The van der Waals surface area contributed by atoms with E-state index >= 15 is 0 Å². The second-order valence-corrected chi connectivity index (χ2v) is 10.3. The number of rotatable bonds is 4. The second kappa shape index (κ2) is 9.00. The van der Waals surface area contributed by atoms with Crippen LogP contribution in [0.15, 0.2) is 59.8 Å². The zero-order chi connectivity index (χ0) is 24.0. The van der Waals surface area contributed by atoms with Crippen molar-refractivity contribution in [1.29, 1.82) is 0 Å². The molecule has 2 aliphatic carbocycles. The van der Waals surface area contributed by atoms with Crippen LogP contribution in [0.1, 0.15) is 36.8 Å². The van der Waals surface area contributed by atoms with Gasteiger partial charge in [-0.2, -0.15) is 0 Å². The quantitative estimate of drug-likeness (QED) is 0.471. The zero-order valence-corrected chi connectivity index (χ0v) is 21.6. The molecule has 3 aromatic rings. The average molecular weight is 470 g/mol. The highest BCUT2D eigenvalue weighted by Gasteiger charge is 2.31. The van der Waals surface area contributed by atoms with Crippen LogP contribution in [-0.2, 0) is 4.79 Å². The number of para-hydroxylation sites is 1. The van der Waals surface area contributed by atoms with Gasteiger partial charge < -0.3 is 10.2 Å². The predicted octanol–water partition coefficient (Wildman–Crippen LogP) is 6.08. The van der Waals surface area contributed by atoms with Gasteiger partial charge in [-0.25, -0.2) is 0 Å². The normalized spacial score (nSPS) is 17.3. The molecule has 1 amide bonds. The van der Waals surface area contributed by atoms with E-state index in [9.17, 15) is 4.79 Å². The standard InChI is InChI=1S/C29H32N3OP/c1-17-14-18(2)28(34)24(15-17)21-10-7-11-23-26(21)30-16-25(27(23)32(3)4)31-29(33)22-13-12-19-8-5-6-9-20(19)22/h6-7,9-11,14-16,22H,5,8,12-13,34H2,1-4H3,(H,31,33). The van der Waals surface area contributed by atoms with E-state index in [1.54, 1.807) is 0 Å². The fourth-order valence-electron chi connectivity index (χ4n) is 5.53. The molecule has 2 atom stereocenters. The molecule has 4 nitrogen and oxygen atoms in total. The van der Waals surface area contributed by atoms with Crippen LogP contribution in [-0.4, -0.2) is 25.0 Å². The Labute approximate surface area is 204 Å². The van der Waals surface area contributed by atoms with Gasteiger partial charge in [0.05, 0.1) is 29.0 Å². The molecule has 174 valence electrons. The van der Waals surface area contributed by atoms with Crippen molar-refractivity contribution in [2.45, 2.75) is 39.5 Å². The van der Waals surface area contributed by atoms with Gasteiger partial charge >= 0.3 is 0 Å². The molecular weight excluding hydrogens is 437 g/mol. The number of pyridine rings is 1. The fourth-order valence-corrected chi connectivity index (χ4v) is 5.85. The van der Waals surface area contributed by atoms with E-state index in [1.807, 2.05) is 20.3 Å². The number of aromatic nitrogens is 1. The minimum absolute atomic E-state index is 0.0681. The van der Waals surface area contributed by atoms with E-state index in [0.29, 0.717) is 0 Å². The van der Waals surface area contributed by atoms with Gasteiger partial charge in [0, 0.05) is 25.0 Å². The summed E-state index contributed by atoms with van der Waals surface area (Å²) in [7, 11) is 6.94. The van der Waals surface area contributed by atoms with Crippen LogP contribution in [0, 0.1) is 19.8 Å². The van der Waals surface area contributed by atoms with Gasteiger partial charge in [-0.1, -0.05) is 53.6 Å². The number of hydrogen-bond acceptors (Lipinski definition) is 3. The molecule has 1 N–H and O–H groups in total. The summed E-state index contributed by atoms with van der Waals surface area (Å²) in [6, 6.07) is 10.7. The minimum atomic E-state index is -0.0708. The third kappa shape index (κ3) is 3.95. The van der Waals surface area contributed by atoms with E-state index in [-0.39, 0.29) is 11.8 Å². The molecule has 0 saturated heterocycles. The summed E-state index contributed by atoms with van der Waals surface area (Å²) >= 11 is 0. The molecule has 2 aromatic carbocycles. The first-order chi connectivity index (χ1) is 16.3. The van der Waals surface area contributed by atoms with Crippen molar-refractivity contribution in [3.8, 4) is 11.1 Å². The summed E-state index contributed by atoms with van der Waals surface area (Å²) < 4.78 is 0. The van der Waals surface area contributed by atoms with Crippen LogP contribution in [0.4, 0.5) is 11.4 Å². The molecule has 0 spiro atoms. The summed E-state index contributed by atoms with van der Waals surface area (Å²) in [5.74, 6) is -0.00274. The summed E-state index contributed by atoms with van der Waals surface area (Å²) in [4.78, 5) is 20.3. The van der Waals surface area contributed by atoms with Crippen molar-refractivity contribution in [3.63, 3.8) is 0 Å². The highest BCUT2D eigenvalue weighted by molar-refractivity contribution is 7.28. The largest absolute Gasteiger partial charge is 0.375 e. The van der Waals surface area contributed by atoms with Crippen LogP contribution in [0.25, 0.3) is 22.0 Å². The van der Waals surface area contributed by atoms with Crippen LogP contribution in [0.3, 0.4) is 0 Å². The van der Waals surface area contributed by atoms with E-state index in [1.165, 1.54) is 33.1 Å². The van der Waals surface area contributed by atoms with Crippen molar-refractivity contribution in [2.75, 3.05) is 24.3 Å². The molecule has 0 radical (unpaired) electrons. The number of amides is 1. The number of fused-ring (bicyclic) bond motifs is 1. The van der Waals surface area contributed by atoms with Gasteiger partial charge in [-0.05, 0) is 61.5 Å². The number of aryl methyl sites for hydroxylation is 2. The molecule has 0 aliphatic heterocycles. The lowest BCUT2D eigenvalue weighted by Crippen LogP contribution is -2.24. The Bertz CT molecular complexity index is 1370. The maximum Gasteiger partial charge on any atom is 0.232 e. The third-order valence-electron chi connectivity index (χ3n) is 7.14. The molecular formula is C29H32N3OP. The monoisotopic (exact) mass is 469 g/mol. The lowest BCUT2D eigenvalue weighted by Gasteiger charge is -2.23. The summed E-state index contributed by atoms with van der Waals surface area (Å²) in [5, 5.41) is 5.46.